The van der Waals surface area contributed by atoms with Gasteiger partial charge in [0.1, 0.15) is 0 Å². The zero-order chi connectivity index (χ0) is 15.4. The minimum Gasteiger partial charge on any atom is -0.374 e. The van der Waals surface area contributed by atoms with Gasteiger partial charge in [-0.1, -0.05) is 6.58 Å². The minimum atomic E-state index is -2.63. The van der Waals surface area contributed by atoms with E-state index >= 15 is 0 Å². The summed E-state index contributed by atoms with van der Waals surface area (Å²) in [6.07, 6.45) is 0.621. The molecule has 0 aliphatic rings. The average molecular weight is 306 g/mol. The van der Waals surface area contributed by atoms with Crippen LogP contribution in [0.2, 0.25) is 6.04 Å². The van der Waals surface area contributed by atoms with Crippen LogP contribution in [0.25, 0.3) is 0 Å². The Morgan fingerprint density at radius 3 is 1.95 bits per heavy atom. The molecule has 0 radical (unpaired) electrons. The van der Waals surface area contributed by atoms with Gasteiger partial charge in [0.05, 0.1) is 6.61 Å². The molecule has 118 valence electrons. The third-order valence-electron chi connectivity index (χ3n) is 2.29. The van der Waals surface area contributed by atoms with Crippen molar-refractivity contribution in [1.82, 2.24) is 0 Å². The predicted molar refractivity (Wildman–Crippen MR) is 76.9 cm³/mol. The van der Waals surface area contributed by atoms with E-state index in [-0.39, 0.29) is 6.61 Å². The molecule has 0 saturated carbocycles. The molecule has 0 fully saturated rings. The molecule has 6 nitrogen and oxygen atoms in total. The first-order chi connectivity index (χ1) is 9.51. The van der Waals surface area contributed by atoms with E-state index in [0.717, 1.165) is 0 Å². The summed E-state index contributed by atoms with van der Waals surface area (Å²) < 4.78 is 17.1. The normalized spacial score (nSPS) is 11.4. The maximum Gasteiger partial charge on any atom is 0.501 e. The molecule has 0 aliphatic carbocycles. The first kappa shape index (κ1) is 19.3. The van der Waals surface area contributed by atoms with Gasteiger partial charge in [0, 0.05) is 31.4 Å². The molecule has 0 aromatic rings. The van der Waals surface area contributed by atoms with Crippen molar-refractivity contribution < 1.29 is 27.8 Å². The fraction of sp³-hybridized carbons (Fsp3) is 0.769. The zero-order valence-electron chi connectivity index (χ0n) is 12.9. The summed E-state index contributed by atoms with van der Waals surface area (Å²) in [5, 5.41) is 0. The van der Waals surface area contributed by atoms with Gasteiger partial charge in [0.25, 0.3) is 0 Å². The van der Waals surface area contributed by atoms with Gasteiger partial charge in [-0.05, 0) is 34.1 Å². The molecular formula is C13H26O6Si. The van der Waals surface area contributed by atoms with Crippen LogP contribution in [0, 0.1) is 0 Å². The SMILES string of the molecule is C=C(C)C(=O)OOCCC[Si](OCC)(OCC)OCC. The van der Waals surface area contributed by atoms with Crippen molar-refractivity contribution in [3.8, 4) is 0 Å². The first-order valence-corrected chi connectivity index (χ1v) is 8.85. The molecule has 0 aromatic heterocycles. The monoisotopic (exact) mass is 306 g/mol. The van der Waals surface area contributed by atoms with Crippen LogP contribution in [0.5, 0.6) is 0 Å². The number of carbonyl (C=O) groups is 1. The third kappa shape index (κ3) is 7.76. The second-order valence-corrected chi connectivity index (χ2v) is 6.79. The van der Waals surface area contributed by atoms with Gasteiger partial charge in [0.15, 0.2) is 0 Å². The number of carbonyl (C=O) groups excluding carboxylic acids is 1. The van der Waals surface area contributed by atoms with Crippen molar-refractivity contribution in [3.63, 3.8) is 0 Å². The molecule has 0 heterocycles. The highest BCUT2D eigenvalue weighted by Crippen LogP contribution is 2.18. The Kier molecular flexibility index (Phi) is 10.6. The molecule has 20 heavy (non-hydrogen) atoms. The van der Waals surface area contributed by atoms with Gasteiger partial charge in [-0.15, -0.1) is 0 Å². The van der Waals surface area contributed by atoms with Crippen molar-refractivity contribution in [1.29, 1.82) is 0 Å². The van der Waals surface area contributed by atoms with Crippen LogP contribution in [0.1, 0.15) is 34.1 Å². The summed E-state index contributed by atoms with van der Waals surface area (Å²) >= 11 is 0. The Morgan fingerprint density at radius 1 is 1.05 bits per heavy atom. The van der Waals surface area contributed by atoms with Gasteiger partial charge in [-0.25, -0.2) is 4.79 Å². The summed E-state index contributed by atoms with van der Waals surface area (Å²) in [7, 11) is -2.63. The van der Waals surface area contributed by atoms with E-state index in [4.69, 9.17) is 18.2 Å². The van der Waals surface area contributed by atoms with Crippen molar-refractivity contribution >= 4 is 14.8 Å². The lowest BCUT2D eigenvalue weighted by atomic mass is 10.4. The summed E-state index contributed by atoms with van der Waals surface area (Å²) in [6, 6.07) is 0.618. The van der Waals surface area contributed by atoms with Gasteiger partial charge in [-0.2, -0.15) is 4.89 Å². The third-order valence-corrected chi connectivity index (χ3v) is 5.44. The quantitative estimate of drug-likeness (QED) is 0.181. The maximum absolute atomic E-state index is 11.1. The van der Waals surface area contributed by atoms with E-state index in [0.29, 0.717) is 37.9 Å². The summed E-state index contributed by atoms with van der Waals surface area (Å²) in [4.78, 5) is 20.5. The van der Waals surface area contributed by atoms with E-state index < -0.39 is 14.8 Å². The standard InChI is InChI=1S/C13H26O6Si/c1-6-16-20(17-7-2,18-8-3)11-9-10-15-19-13(14)12(4)5/h4,6-11H2,1-3,5H3. The van der Waals surface area contributed by atoms with Crippen molar-refractivity contribution in [2.75, 3.05) is 26.4 Å². The maximum atomic E-state index is 11.1. The van der Waals surface area contributed by atoms with E-state index in [1.807, 2.05) is 20.8 Å². The lowest BCUT2D eigenvalue weighted by Gasteiger charge is -2.28. The second-order valence-electron chi connectivity index (χ2n) is 4.06. The Labute approximate surface area is 122 Å². The van der Waals surface area contributed by atoms with E-state index in [2.05, 4.69) is 11.5 Å². The molecule has 0 unspecified atom stereocenters. The zero-order valence-corrected chi connectivity index (χ0v) is 13.9. The Morgan fingerprint density at radius 2 is 1.55 bits per heavy atom. The summed E-state index contributed by atoms with van der Waals surface area (Å²) in [6.45, 7) is 12.6. The van der Waals surface area contributed by atoms with E-state index in [9.17, 15) is 4.79 Å². The van der Waals surface area contributed by atoms with E-state index in [1.54, 1.807) is 6.92 Å². The van der Waals surface area contributed by atoms with Gasteiger partial charge < -0.3 is 13.3 Å². The van der Waals surface area contributed by atoms with Crippen LogP contribution < -0.4 is 0 Å². The molecule has 0 spiro atoms. The van der Waals surface area contributed by atoms with Crippen LogP contribution in [0.15, 0.2) is 12.2 Å². The fourth-order valence-electron chi connectivity index (χ4n) is 1.52. The molecule has 0 N–H and O–H groups in total. The number of hydrogen-bond donors (Lipinski definition) is 0. The van der Waals surface area contributed by atoms with E-state index in [1.165, 1.54) is 0 Å². The molecule has 0 aliphatic heterocycles. The van der Waals surface area contributed by atoms with Crippen LogP contribution >= 0.6 is 0 Å². The minimum absolute atomic E-state index is 0.265. The highest BCUT2D eigenvalue weighted by molar-refractivity contribution is 6.60. The van der Waals surface area contributed by atoms with Crippen LogP contribution in [0.3, 0.4) is 0 Å². The van der Waals surface area contributed by atoms with Gasteiger partial charge in [-0.3, -0.25) is 4.89 Å². The molecule has 0 atom stereocenters. The second kappa shape index (κ2) is 11.0. The number of hydrogen-bond acceptors (Lipinski definition) is 6. The van der Waals surface area contributed by atoms with Crippen molar-refractivity contribution in [2.45, 2.75) is 40.2 Å². The Bertz CT molecular complexity index is 278. The topological polar surface area (TPSA) is 63.2 Å². The largest absolute Gasteiger partial charge is 0.501 e. The highest BCUT2D eigenvalue weighted by Gasteiger charge is 2.39. The predicted octanol–water partition coefficient (Wildman–Crippen LogP) is 2.48. The smallest absolute Gasteiger partial charge is 0.374 e. The molecule has 0 rings (SSSR count). The lowest BCUT2D eigenvalue weighted by molar-refractivity contribution is -0.268. The van der Waals surface area contributed by atoms with Gasteiger partial charge >= 0.3 is 14.8 Å². The van der Waals surface area contributed by atoms with Crippen LogP contribution in [-0.4, -0.2) is 41.2 Å². The highest BCUT2D eigenvalue weighted by atomic mass is 28.4. The molecule has 0 aromatic carbocycles. The van der Waals surface area contributed by atoms with Crippen molar-refractivity contribution in [3.05, 3.63) is 12.2 Å². The first-order valence-electron chi connectivity index (χ1n) is 6.92. The molecular weight excluding hydrogens is 280 g/mol. The fourth-order valence-corrected chi connectivity index (χ4v) is 4.10. The number of rotatable bonds is 12. The molecule has 7 heteroatoms. The molecule has 0 bridgehead atoms. The van der Waals surface area contributed by atoms with Crippen LogP contribution in [-0.2, 0) is 27.8 Å². The Balaban J connectivity index is 4.12. The van der Waals surface area contributed by atoms with Gasteiger partial charge in [0.2, 0.25) is 0 Å². The Hall–Kier alpha value is -0.733. The lowest BCUT2D eigenvalue weighted by Crippen LogP contribution is -2.46. The molecule has 0 amide bonds. The average Bonchev–Trinajstić information content (AvgIpc) is 2.39. The van der Waals surface area contributed by atoms with Crippen molar-refractivity contribution in [2.24, 2.45) is 0 Å². The molecule has 0 saturated heterocycles. The van der Waals surface area contributed by atoms with Crippen LogP contribution in [0.4, 0.5) is 0 Å². The summed E-state index contributed by atoms with van der Waals surface area (Å²) in [5.74, 6) is -0.562. The summed E-state index contributed by atoms with van der Waals surface area (Å²) in [5.41, 5.74) is 0.298.